The lowest BCUT2D eigenvalue weighted by atomic mass is 9.97. The molecule has 0 spiro atoms. The molecule has 0 radical (unpaired) electrons. The Balaban J connectivity index is 2.06. The van der Waals surface area contributed by atoms with Crippen molar-refractivity contribution in [2.45, 2.75) is 20.3 Å². The lowest BCUT2D eigenvalue weighted by Gasteiger charge is -2.10. The van der Waals surface area contributed by atoms with Crippen LogP contribution in [0.3, 0.4) is 0 Å². The molecule has 0 fully saturated rings. The fourth-order valence-electron chi connectivity index (χ4n) is 3.84. The first-order valence-corrected chi connectivity index (χ1v) is 9.60. The van der Waals surface area contributed by atoms with Crippen molar-refractivity contribution in [2.24, 2.45) is 0 Å². The molecule has 2 aromatic carbocycles. The summed E-state index contributed by atoms with van der Waals surface area (Å²) in [5, 5.41) is 0. The number of carbonyl (C=O) groups is 1. The third-order valence-electron chi connectivity index (χ3n) is 5.01. The predicted octanol–water partition coefficient (Wildman–Crippen LogP) is 5.68. The Labute approximate surface area is 165 Å². The smallest absolute Gasteiger partial charge is 0.340 e. The largest absolute Gasteiger partial charge is 0.462 e. The summed E-state index contributed by atoms with van der Waals surface area (Å²) < 4.78 is 7.65. The standard InChI is InChI=1S/C25H23NO2/c1-3-28-25(27)24-21-16-10-11-18(2)26(21)22(17-19-12-6-4-7-13-19)23(24)20-14-8-5-9-15-20/h4-16H,3,17H2,1-2H3. The SMILES string of the molecule is CCOC(=O)c1c(-c2ccccc2)c(Cc2ccccc2)n2c(C)cccc12. The van der Waals surface area contributed by atoms with E-state index in [0.29, 0.717) is 12.2 Å². The molecule has 0 aliphatic rings. The van der Waals surface area contributed by atoms with Gasteiger partial charge in [-0.1, -0.05) is 66.7 Å². The topological polar surface area (TPSA) is 30.7 Å². The fourth-order valence-corrected chi connectivity index (χ4v) is 3.84. The minimum Gasteiger partial charge on any atom is -0.462 e. The van der Waals surface area contributed by atoms with Crippen LogP contribution in [-0.4, -0.2) is 17.0 Å². The van der Waals surface area contributed by atoms with Gasteiger partial charge >= 0.3 is 5.97 Å². The zero-order valence-electron chi connectivity index (χ0n) is 16.2. The Morgan fingerprint density at radius 1 is 0.893 bits per heavy atom. The van der Waals surface area contributed by atoms with Crippen LogP contribution in [0, 0.1) is 6.92 Å². The molecular weight excluding hydrogens is 346 g/mol. The van der Waals surface area contributed by atoms with E-state index in [4.69, 9.17) is 4.74 Å². The van der Waals surface area contributed by atoms with E-state index in [1.807, 2.05) is 55.5 Å². The van der Waals surface area contributed by atoms with Crippen molar-refractivity contribution in [1.82, 2.24) is 4.40 Å². The number of nitrogens with zero attached hydrogens (tertiary/aromatic N) is 1. The highest BCUT2D eigenvalue weighted by Gasteiger charge is 2.26. The van der Waals surface area contributed by atoms with Gasteiger partial charge in [-0.15, -0.1) is 0 Å². The zero-order valence-corrected chi connectivity index (χ0v) is 16.2. The number of hydrogen-bond donors (Lipinski definition) is 0. The third-order valence-corrected chi connectivity index (χ3v) is 5.01. The lowest BCUT2D eigenvalue weighted by molar-refractivity contribution is 0.0529. The summed E-state index contributed by atoms with van der Waals surface area (Å²) >= 11 is 0. The lowest BCUT2D eigenvalue weighted by Crippen LogP contribution is -2.06. The van der Waals surface area contributed by atoms with Gasteiger partial charge in [0.1, 0.15) is 0 Å². The molecule has 3 heteroatoms. The van der Waals surface area contributed by atoms with Gasteiger partial charge in [0.05, 0.1) is 17.7 Å². The molecule has 4 rings (SSSR count). The molecule has 2 heterocycles. The van der Waals surface area contributed by atoms with Gasteiger partial charge in [-0.2, -0.15) is 0 Å². The third kappa shape index (κ3) is 3.20. The van der Waals surface area contributed by atoms with Gasteiger partial charge in [0.15, 0.2) is 0 Å². The average Bonchev–Trinajstić information content (AvgIpc) is 3.05. The maximum Gasteiger partial charge on any atom is 0.340 e. The molecule has 0 amide bonds. The van der Waals surface area contributed by atoms with Gasteiger partial charge in [0, 0.05) is 23.4 Å². The molecular formula is C25H23NO2. The second kappa shape index (κ2) is 7.73. The molecule has 4 aromatic rings. The van der Waals surface area contributed by atoms with Crippen LogP contribution >= 0.6 is 0 Å². The molecule has 0 atom stereocenters. The number of aromatic nitrogens is 1. The van der Waals surface area contributed by atoms with Gasteiger partial charge < -0.3 is 9.14 Å². The molecule has 0 bridgehead atoms. The maximum absolute atomic E-state index is 13.0. The van der Waals surface area contributed by atoms with E-state index in [9.17, 15) is 4.79 Å². The molecule has 3 nitrogen and oxygen atoms in total. The van der Waals surface area contributed by atoms with E-state index in [1.165, 1.54) is 5.56 Å². The van der Waals surface area contributed by atoms with Crippen LogP contribution in [0.1, 0.15) is 34.2 Å². The molecule has 0 unspecified atom stereocenters. The number of aryl methyl sites for hydroxylation is 1. The summed E-state index contributed by atoms with van der Waals surface area (Å²) in [6.45, 7) is 4.27. The van der Waals surface area contributed by atoms with Crippen molar-refractivity contribution in [1.29, 1.82) is 0 Å². The van der Waals surface area contributed by atoms with Crippen molar-refractivity contribution < 1.29 is 9.53 Å². The van der Waals surface area contributed by atoms with Crippen LogP contribution in [0.15, 0.2) is 78.9 Å². The summed E-state index contributed by atoms with van der Waals surface area (Å²) in [5.74, 6) is -0.274. The number of benzene rings is 2. The molecule has 28 heavy (non-hydrogen) atoms. The van der Waals surface area contributed by atoms with Crippen LogP contribution < -0.4 is 0 Å². The second-order valence-electron chi connectivity index (χ2n) is 6.83. The first-order chi connectivity index (χ1) is 13.7. The minimum atomic E-state index is -0.274. The number of hydrogen-bond acceptors (Lipinski definition) is 2. The summed E-state index contributed by atoms with van der Waals surface area (Å²) in [5.41, 5.74) is 6.92. The molecule has 0 aliphatic carbocycles. The highest BCUT2D eigenvalue weighted by Crippen LogP contribution is 2.36. The van der Waals surface area contributed by atoms with E-state index >= 15 is 0 Å². The molecule has 0 saturated heterocycles. The van der Waals surface area contributed by atoms with Crippen molar-refractivity contribution >= 4 is 11.5 Å². The molecule has 0 aliphatic heterocycles. The van der Waals surface area contributed by atoms with Gasteiger partial charge in [0.25, 0.3) is 0 Å². The highest BCUT2D eigenvalue weighted by atomic mass is 16.5. The van der Waals surface area contributed by atoms with Crippen LogP contribution in [0.4, 0.5) is 0 Å². The van der Waals surface area contributed by atoms with Gasteiger partial charge in [-0.05, 0) is 37.1 Å². The van der Waals surface area contributed by atoms with Gasteiger partial charge in [0.2, 0.25) is 0 Å². The minimum absolute atomic E-state index is 0.274. The molecule has 2 aromatic heterocycles. The Morgan fingerprint density at radius 3 is 2.25 bits per heavy atom. The van der Waals surface area contributed by atoms with E-state index in [1.54, 1.807) is 0 Å². The van der Waals surface area contributed by atoms with Crippen LogP contribution in [-0.2, 0) is 11.2 Å². The van der Waals surface area contributed by atoms with Crippen LogP contribution in [0.5, 0.6) is 0 Å². The Morgan fingerprint density at radius 2 is 1.57 bits per heavy atom. The summed E-state index contributed by atoms with van der Waals surface area (Å²) in [6.07, 6.45) is 0.733. The van der Waals surface area contributed by atoms with E-state index in [0.717, 1.165) is 34.5 Å². The molecule has 0 N–H and O–H groups in total. The number of pyridine rings is 1. The summed E-state index contributed by atoms with van der Waals surface area (Å²) in [4.78, 5) is 13.0. The van der Waals surface area contributed by atoms with E-state index in [2.05, 4.69) is 41.7 Å². The monoisotopic (exact) mass is 369 g/mol. The number of rotatable bonds is 5. The predicted molar refractivity (Wildman–Crippen MR) is 113 cm³/mol. The van der Waals surface area contributed by atoms with Crippen molar-refractivity contribution in [3.8, 4) is 11.1 Å². The van der Waals surface area contributed by atoms with Crippen LogP contribution in [0.2, 0.25) is 0 Å². The molecule has 140 valence electrons. The second-order valence-corrected chi connectivity index (χ2v) is 6.83. The van der Waals surface area contributed by atoms with Gasteiger partial charge in [-0.25, -0.2) is 4.79 Å². The molecule has 0 saturated carbocycles. The summed E-state index contributed by atoms with van der Waals surface area (Å²) in [7, 11) is 0. The Hall–Kier alpha value is -3.33. The first-order valence-electron chi connectivity index (χ1n) is 9.60. The van der Waals surface area contributed by atoms with Crippen molar-refractivity contribution in [3.63, 3.8) is 0 Å². The van der Waals surface area contributed by atoms with E-state index < -0.39 is 0 Å². The Bertz CT molecular complexity index is 1110. The van der Waals surface area contributed by atoms with Crippen molar-refractivity contribution in [2.75, 3.05) is 6.61 Å². The number of ether oxygens (including phenoxy) is 1. The highest BCUT2D eigenvalue weighted by molar-refractivity contribution is 6.06. The van der Waals surface area contributed by atoms with Crippen LogP contribution in [0.25, 0.3) is 16.6 Å². The quantitative estimate of drug-likeness (QED) is 0.424. The normalized spacial score (nSPS) is 10.9. The number of esters is 1. The maximum atomic E-state index is 13.0. The fraction of sp³-hybridized carbons (Fsp3) is 0.160. The van der Waals surface area contributed by atoms with Gasteiger partial charge in [-0.3, -0.25) is 0 Å². The first kappa shape index (κ1) is 18.1. The summed E-state index contributed by atoms with van der Waals surface area (Å²) in [6, 6.07) is 26.5. The number of carbonyl (C=O) groups excluding carboxylic acids is 1. The van der Waals surface area contributed by atoms with E-state index in [-0.39, 0.29) is 5.97 Å². The van der Waals surface area contributed by atoms with Crippen molar-refractivity contribution in [3.05, 3.63) is 101 Å². The number of fused-ring (bicyclic) bond motifs is 1. The average molecular weight is 369 g/mol. The Kier molecular flexibility index (Phi) is 4.98. The zero-order chi connectivity index (χ0) is 19.5.